The van der Waals surface area contributed by atoms with Gasteiger partial charge in [-0.2, -0.15) is 0 Å². The highest BCUT2D eigenvalue weighted by atomic mass is 32.2. The summed E-state index contributed by atoms with van der Waals surface area (Å²) in [6.07, 6.45) is -18.8. The summed E-state index contributed by atoms with van der Waals surface area (Å²) in [6.45, 7) is 12.6. The number of para-hydroxylation sites is 5. The molecule has 9 aromatic carbocycles. The van der Waals surface area contributed by atoms with Crippen molar-refractivity contribution in [3.8, 4) is 17.2 Å². The zero-order valence-corrected chi connectivity index (χ0v) is 65.3. The number of halogens is 9. The Labute approximate surface area is 660 Å². The van der Waals surface area contributed by atoms with Crippen molar-refractivity contribution in [1.82, 2.24) is 43.4 Å². The number of amides is 1. The van der Waals surface area contributed by atoms with E-state index in [0.29, 0.717) is 13.1 Å². The third kappa shape index (κ3) is 18.7. The molecule has 616 valence electrons. The summed E-state index contributed by atoms with van der Waals surface area (Å²) < 4.78 is 221. The van der Waals surface area contributed by atoms with Crippen molar-refractivity contribution in [3.05, 3.63) is 218 Å². The molecule has 3 fully saturated rings. The monoisotopic (exact) mass is 1670 g/mol. The van der Waals surface area contributed by atoms with Gasteiger partial charge >= 0.3 is 25.2 Å². The molecule has 0 saturated carbocycles. The standard InChI is InChI=1S/C29H30F3N3O6S.C28H30F3N3O4S.C24H22F3N3O4S/c1-28(2,3)41-27(37)34-16-22(33-42(38,39)19-14-12-18(13-15-19)40-29(30,31)32)26(36)25(17-34)35-23-10-6-4-8-20(23)21-9-5-7-11-24(21)35;1-27(2,3)17-8-13-24-21(14-17)20-6-4-5-7-23(20)34(24)25-16-32-15-22(26(25)35)33-39(36,37)19-11-9-18(10-12-19)38-28(29,30)31;25-24(26,27)34-15-9-11-16(12-10-15)35(32,33)29-19-13-28-14-22(23(19)31)30-20-7-3-1-5-17(20)18-6-2-4-8-21(18)30/h4-15,22,25-26,33,36H,16-17H2,1-3H3;4-14,22,25-26,32-33,35H,15-16H2,1-3H3;1-12,19,22-23,28-29,31H,13-14H2/t2*22-,25+,26+;19-,22+,23+/m000/s1. The number of sulfonamides is 3. The van der Waals surface area contributed by atoms with Crippen molar-refractivity contribution in [3.63, 3.8) is 0 Å². The number of likely N-dealkylation sites (tertiary alicyclic amines) is 1. The quantitative estimate of drug-likeness (QED) is 0.0443. The molecule has 9 atom stereocenters. The number of piperidine rings is 3. The third-order valence-electron chi connectivity index (χ3n) is 20.2. The summed E-state index contributed by atoms with van der Waals surface area (Å²) in [5, 5.41) is 46.8. The van der Waals surface area contributed by atoms with Crippen LogP contribution in [-0.4, -0.2) is 166 Å². The second-order valence-electron chi connectivity index (χ2n) is 30.3. The van der Waals surface area contributed by atoms with E-state index in [-0.39, 0.29) is 46.3 Å². The molecule has 1 amide bonds. The van der Waals surface area contributed by atoms with Crippen LogP contribution >= 0.6 is 0 Å². The molecule has 116 heavy (non-hydrogen) atoms. The number of carbonyl (C=O) groups excluding carboxylic acids is 1. The fourth-order valence-corrected chi connectivity index (χ4v) is 18.8. The summed E-state index contributed by atoms with van der Waals surface area (Å²) >= 11 is 0. The first-order valence-electron chi connectivity index (χ1n) is 36.6. The van der Waals surface area contributed by atoms with E-state index in [1.165, 1.54) is 10.5 Å². The molecule has 3 aliphatic heterocycles. The highest BCUT2D eigenvalue weighted by molar-refractivity contribution is 7.90. The van der Waals surface area contributed by atoms with Crippen LogP contribution < -0.4 is 39.0 Å². The van der Waals surface area contributed by atoms with E-state index in [4.69, 9.17) is 4.74 Å². The number of ether oxygens (including phenoxy) is 4. The van der Waals surface area contributed by atoms with Gasteiger partial charge < -0.3 is 63.5 Å². The van der Waals surface area contributed by atoms with Gasteiger partial charge in [0.1, 0.15) is 22.8 Å². The Morgan fingerprint density at radius 1 is 0.379 bits per heavy atom. The van der Waals surface area contributed by atoms with Crippen molar-refractivity contribution in [2.75, 3.05) is 39.3 Å². The molecule has 35 heteroatoms. The van der Waals surface area contributed by atoms with Crippen LogP contribution in [0.15, 0.2) is 227 Å². The van der Waals surface area contributed by atoms with E-state index in [0.717, 1.165) is 138 Å². The summed E-state index contributed by atoms with van der Waals surface area (Å²) in [5.41, 5.74) is 5.57. The topological polar surface area (TPSA) is 295 Å². The van der Waals surface area contributed by atoms with Gasteiger partial charge in [0.05, 0.1) is 69.2 Å². The molecule has 0 spiro atoms. The van der Waals surface area contributed by atoms with Crippen LogP contribution in [0.5, 0.6) is 17.2 Å². The van der Waals surface area contributed by atoms with Crippen LogP contribution in [0, 0.1) is 0 Å². The molecule has 8 N–H and O–H groups in total. The van der Waals surface area contributed by atoms with Crippen LogP contribution in [0.2, 0.25) is 0 Å². The number of aliphatic hydroxyl groups is 3. The number of fused-ring (bicyclic) bond motifs is 9. The van der Waals surface area contributed by atoms with E-state index >= 15 is 0 Å². The zero-order chi connectivity index (χ0) is 83.4. The lowest BCUT2D eigenvalue weighted by molar-refractivity contribution is -0.275. The van der Waals surface area contributed by atoms with Crippen molar-refractivity contribution in [2.24, 2.45) is 0 Å². The van der Waals surface area contributed by atoms with Crippen molar-refractivity contribution < 1.29 is 104 Å². The van der Waals surface area contributed by atoms with Crippen LogP contribution in [0.3, 0.4) is 0 Å². The molecule has 0 unspecified atom stereocenters. The highest BCUT2D eigenvalue weighted by Crippen LogP contribution is 2.41. The van der Waals surface area contributed by atoms with Gasteiger partial charge in [-0.3, -0.25) is 0 Å². The predicted molar refractivity (Wildman–Crippen MR) is 417 cm³/mol. The number of hydrogen-bond acceptors (Lipinski definition) is 16. The molecule has 3 aromatic heterocycles. The molecule has 3 saturated heterocycles. The Balaban J connectivity index is 0.000000152. The second-order valence-corrected chi connectivity index (χ2v) is 35.4. The Morgan fingerprint density at radius 3 is 0.991 bits per heavy atom. The van der Waals surface area contributed by atoms with Gasteiger partial charge in [0, 0.05) is 105 Å². The lowest BCUT2D eigenvalue weighted by atomic mass is 9.86. The minimum absolute atomic E-state index is 0.0282. The zero-order valence-electron chi connectivity index (χ0n) is 62.9. The van der Waals surface area contributed by atoms with Gasteiger partial charge in [-0.05, 0) is 147 Å². The van der Waals surface area contributed by atoms with Gasteiger partial charge in [-0.1, -0.05) is 118 Å². The third-order valence-corrected chi connectivity index (χ3v) is 24.7. The molecule has 3 aliphatic rings. The Hall–Kier alpha value is -10.1. The lowest BCUT2D eigenvalue weighted by Crippen LogP contribution is -2.60. The summed E-state index contributed by atoms with van der Waals surface area (Å²) in [4.78, 5) is 13.8. The number of hydrogen-bond donors (Lipinski definition) is 8. The molecule has 15 rings (SSSR count). The molecule has 0 radical (unpaired) electrons. The van der Waals surface area contributed by atoms with E-state index < -0.39 is 133 Å². The largest absolute Gasteiger partial charge is 0.573 e. The first-order valence-corrected chi connectivity index (χ1v) is 41.0. The molecular weight excluding hydrogens is 1590 g/mol. The van der Waals surface area contributed by atoms with E-state index in [2.05, 4.69) is 76.5 Å². The number of nitrogens with one attached hydrogen (secondary N) is 5. The maximum Gasteiger partial charge on any atom is 0.573 e. The van der Waals surface area contributed by atoms with Crippen molar-refractivity contribution in [1.29, 1.82) is 0 Å². The van der Waals surface area contributed by atoms with Crippen LogP contribution in [0.25, 0.3) is 65.4 Å². The average molecular weight is 1670 g/mol. The summed E-state index contributed by atoms with van der Waals surface area (Å²) in [7, 11) is -12.6. The maximum atomic E-state index is 13.3. The van der Waals surface area contributed by atoms with Crippen LogP contribution in [-0.2, 0) is 40.2 Å². The number of aromatic nitrogens is 3. The second kappa shape index (κ2) is 32.4. The van der Waals surface area contributed by atoms with Crippen molar-refractivity contribution >= 4 is 102 Å². The van der Waals surface area contributed by atoms with Crippen molar-refractivity contribution in [2.45, 2.75) is 141 Å². The van der Waals surface area contributed by atoms with Crippen LogP contribution in [0.1, 0.15) is 65.2 Å². The number of nitrogens with zero attached hydrogens (tertiary/aromatic N) is 4. The minimum atomic E-state index is -4.93. The smallest absolute Gasteiger partial charge is 0.444 e. The average Bonchev–Trinajstić information content (AvgIpc) is 1.59. The molecule has 0 aliphatic carbocycles. The molecule has 6 heterocycles. The SMILES string of the molecule is CC(C)(C)OC(=O)N1C[C@H](NS(=O)(=O)c2ccc(OC(F)(F)F)cc2)[C@@H](O)[C@H](n2c3ccccc3c3ccccc32)C1.CC(C)(C)c1ccc2c(c1)c1ccccc1n2[C@@H]1CNC[C@H](NS(=O)(=O)c2ccc(OC(F)(F)F)cc2)[C@H]1O.O=S(=O)(N[C@H]1CNC[C@@H](n2c3ccccc3c3ccccc32)[C@@H]1O)c1ccc(OC(F)(F)F)cc1. The predicted octanol–water partition coefficient (Wildman–Crippen LogP) is 13.6. The first kappa shape index (κ1) is 83.9. The number of aliphatic hydroxyl groups excluding tert-OH is 3. The molecule has 23 nitrogen and oxygen atoms in total. The molecule has 0 bridgehead atoms. The Bertz CT molecular complexity index is 5830. The van der Waals surface area contributed by atoms with E-state index in [1.807, 2.05) is 137 Å². The Kier molecular flexibility index (Phi) is 23.5. The minimum Gasteiger partial charge on any atom is -0.444 e. The number of carbonyl (C=O) groups is 1. The van der Waals surface area contributed by atoms with Crippen LogP contribution in [0.4, 0.5) is 44.3 Å². The van der Waals surface area contributed by atoms with Gasteiger partial charge in [-0.25, -0.2) is 44.2 Å². The number of alkyl halides is 9. The fraction of sp³-hybridized carbons (Fsp3) is 0.321. The van der Waals surface area contributed by atoms with Gasteiger partial charge in [0.2, 0.25) is 30.1 Å². The highest BCUT2D eigenvalue weighted by Gasteiger charge is 2.45. The van der Waals surface area contributed by atoms with Gasteiger partial charge in [-0.15, -0.1) is 39.5 Å². The normalized spacial score (nSPS) is 20.8. The van der Waals surface area contributed by atoms with Gasteiger partial charge in [0.15, 0.2) is 0 Å². The molecular formula is C81H82F9N9O14S3. The maximum absolute atomic E-state index is 13.3. The number of rotatable bonds is 15. The fourth-order valence-electron chi connectivity index (χ4n) is 15.1. The summed E-state index contributed by atoms with van der Waals surface area (Å²) in [5.74, 6) is -1.63. The first-order chi connectivity index (χ1) is 54.5. The molecule has 12 aromatic rings. The number of benzene rings is 9. The van der Waals surface area contributed by atoms with E-state index in [1.54, 1.807) is 20.8 Å². The lowest BCUT2D eigenvalue weighted by Gasteiger charge is -2.42. The Morgan fingerprint density at radius 2 is 0.672 bits per heavy atom. The van der Waals surface area contributed by atoms with E-state index in [9.17, 15) is 84.9 Å². The van der Waals surface area contributed by atoms with Gasteiger partial charge in [0.25, 0.3) is 0 Å². The summed E-state index contributed by atoms with van der Waals surface area (Å²) in [6, 6.07) is 51.8.